The van der Waals surface area contributed by atoms with E-state index in [0.717, 1.165) is 16.7 Å². The molecule has 0 aliphatic heterocycles. The number of halogens is 3. The Morgan fingerprint density at radius 2 is 1.84 bits per heavy atom. The van der Waals surface area contributed by atoms with Crippen LogP contribution >= 0.6 is 23.2 Å². The summed E-state index contributed by atoms with van der Waals surface area (Å²) in [5.74, 6) is -0.429. The van der Waals surface area contributed by atoms with E-state index in [9.17, 15) is 4.39 Å². The van der Waals surface area contributed by atoms with Crippen LogP contribution in [0.5, 0.6) is 0 Å². The van der Waals surface area contributed by atoms with Crippen LogP contribution in [0.25, 0.3) is 0 Å². The lowest BCUT2D eigenvalue weighted by atomic mass is 9.99. The molecule has 2 aromatic carbocycles. The van der Waals surface area contributed by atoms with E-state index in [1.54, 1.807) is 6.07 Å². The molecule has 1 atom stereocenters. The summed E-state index contributed by atoms with van der Waals surface area (Å²) in [5, 5.41) is 0.757. The second-order valence-electron chi connectivity index (χ2n) is 4.58. The van der Waals surface area contributed by atoms with E-state index in [-0.39, 0.29) is 11.1 Å². The Bertz CT molecular complexity index is 599. The Morgan fingerprint density at radius 3 is 2.47 bits per heavy atom. The van der Waals surface area contributed by atoms with Crippen molar-refractivity contribution in [2.45, 2.75) is 19.4 Å². The van der Waals surface area contributed by atoms with Crippen molar-refractivity contribution in [1.29, 1.82) is 0 Å². The maximum absolute atomic E-state index is 13.4. The Labute approximate surface area is 122 Å². The number of rotatable bonds is 3. The zero-order valence-electron chi connectivity index (χ0n) is 10.5. The fourth-order valence-electron chi connectivity index (χ4n) is 1.96. The van der Waals surface area contributed by atoms with Crippen LogP contribution in [0, 0.1) is 12.7 Å². The van der Waals surface area contributed by atoms with Crippen molar-refractivity contribution in [2.75, 3.05) is 0 Å². The van der Waals surface area contributed by atoms with Gasteiger partial charge in [0.2, 0.25) is 0 Å². The quantitative estimate of drug-likeness (QED) is 0.874. The third-order valence-corrected chi connectivity index (χ3v) is 3.63. The van der Waals surface area contributed by atoms with Crippen molar-refractivity contribution in [3.63, 3.8) is 0 Å². The summed E-state index contributed by atoms with van der Waals surface area (Å²) in [6.45, 7) is 1.97. The van der Waals surface area contributed by atoms with Gasteiger partial charge in [0, 0.05) is 11.1 Å². The first-order valence-electron chi connectivity index (χ1n) is 5.93. The van der Waals surface area contributed by atoms with E-state index in [4.69, 9.17) is 28.9 Å². The second-order valence-corrected chi connectivity index (χ2v) is 5.40. The van der Waals surface area contributed by atoms with E-state index < -0.39 is 5.82 Å². The summed E-state index contributed by atoms with van der Waals surface area (Å²) in [6, 6.07) is 10.2. The van der Waals surface area contributed by atoms with Gasteiger partial charge in [-0.1, -0.05) is 41.4 Å². The van der Waals surface area contributed by atoms with Crippen molar-refractivity contribution in [3.05, 3.63) is 69.0 Å². The SMILES string of the molecule is Cc1ccc(C(N)Cc2ccc(Cl)c(F)c2)c(Cl)c1. The molecule has 0 aromatic heterocycles. The summed E-state index contributed by atoms with van der Waals surface area (Å²) < 4.78 is 13.4. The molecule has 2 aromatic rings. The molecular weight excluding hydrogens is 284 g/mol. The minimum Gasteiger partial charge on any atom is -0.324 e. The zero-order valence-corrected chi connectivity index (χ0v) is 12.0. The van der Waals surface area contributed by atoms with Gasteiger partial charge < -0.3 is 5.73 Å². The molecule has 1 unspecified atom stereocenters. The molecule has 1 nitrogen and oxygen atoms in total. The Balaban J connectivity index is 2.20. The van der Waals surface area contributed by atoms with Crippen LogP contribution in [0.4, 0.5) is 4.39 Å². The van der Waals surface area contributed by atoms with Crippen LogP contribution in [0.3, 0.4) is 0 Å². The molecule has 19 heavy (non-hydrogen) atoms. The highest BCUT2D eigenvalue weighted by Crippen LogP contribution is 2.26. The monoisotopic (exact) mass is 297 g/mol. The van der Waals surface area contributed by atoms with Gasteiger partial charge in [-0.2, -0.15) is 0 Å². The molecule has 0 aliphatic rings. The van der Waals surface area contributed by atoms with Crippen molar-refractivity contribution < 1.29 is 4.39 Å². The van der Waals surface area contributed by atoms with Crippen LogP contribution in [0.15, 0.2) is 36.4 Å². The molecule has 2 rings (SSSR count). The number of hydrogen-bond acceptors (Lipinski definition) is 1. The molecule has 100 valence electrons. The predicted molar refractivity (Wildman–Crippen MR) is 78.2 cm³/mol. The molecule has 0 aliphatic carbocycles. The van der Waals surface area contributed by atoms with E-state index >= 15 is 0 Å². The van der Waals surface area contributed by atoms with Crippen LogP contribution in [-0.4, -0.2) is 0 Å². The van der Waals surface area contributed by atoms with Crippen LogP contribution < -0.4 is 5.73 Å². The summed E-state index contributed by atoms with van der Waals surface area (Å²) in [4.78, 5) is 0. The number of aryl methyl sites for hydroxylation is 1. The first-order valence-corrected chi connectivity index (χ1v) is 6.68. The molecule has 0 spiro atoms. The molecule has 0 saturated heterocycles. The van der Waals surface area contributed by atoms with Gasteiger partial charge >= 0.3 is 0 Å². The molecule has 0 fully saturated rings. The van der Waals surface area contributed by atoms with E-state index in [1.165, 1.54) is 12.1 Å². The van der Waals surface area contributed by atoms with Crippen LogP contribution in [0.1, 0.15) is 22.7 Å². The summed E-state index contributed by atoms with van der Waals surface area (Å²) in [7, 11) is 0. The topological polar surface area (TPSA) is 26.0 Å². The molecule has 0 saturated carbocycles. The number of hydrogen-bond donors (Lipinski definition) is 1. The standard InChI is InChI=1S/C15H14Cl2FN/c1-9-2-4-11(13(17)6-9)15(19)8-10-3-5-12(16)14(18)7-10/h2-7,15H,8,19H2,1H3. The number of nitrogens with two attached hydrogens (primary N) is 1. The third-order valence-electron chi connectivity index (χ3n) is 3.00. The Hall–Kier alpha value is -1.09. The van der Waals surface area contributed by atoms with Crippen molar-refractivity contribution in [3.8, 4) is 0 Å². The van der Waals surface area contributed by atoms with E-state index in [2.05, 4.69) is 0 Å². The first-order chi connectivity index (χ1) is 8.97. The van der Waals surface area contributed by atoms with Crippen LogP contribution in [-0.2, 0) is 6.42 Å². The van der Waals surface area contributed by atoms with E-state index in [1.807, 2.05) is 25.1 Å². The van der Waals surface area contributed by atoms with Crippen molar-refractivity contribution in [2.24, 2.45) is 5.73 Å². The van der Waals surface area contributed by atoms with Crippen LogP contribution in [0.2, 0.25) is 10.0 Å². The van der Waals surface area contributed by atoms with E-state index in [0.29, 0.717) is 11.4 Å². The maximum atomic E-state index is 13.4. The lowest BCUT2D eigenvalue weighted by Gasteiger charge is -2.14. The van der Waals surface area contributed by atoms with Crippen molar-refractivity contribution in [1.82, 2.24) is 0 Å². The average Bonchev–Trinajstić information content (AvgIpc) is 2.33. The third kappa shape index (κ3) is 3.47. The Morgan fingerprint density at radius 1 is 1.11 bits per heavy atom. The highest BCUT2D eigenvalue weighted by molar-refractivity contribution is 6.31. The fourth-order valence-corrected chi connectivity index (χ4v) is 2.46. The fraction of sp³-hybridized carbons (Fsp3) is 0.200. The Kier molecular flexibility index (Phi) is 4.46. The minimum absolute atomic E-state index is 0.116. The smallest absolute Gasteiger partial charge is 0.142 e. The molecule has 0 heterocycles. The normalized spacial score (nSPS) is 12.5. The largest absolute Gasteiger partial charge is 0.324 e. The average molecular weight is 298 g/mol. The van der Waals surface area contributed by atoms with Gasteiger partial charge in [0.25, 0.3) is 0 Å². The lowest BCUT2D eigenvalue weighted by Crippen LogP contribution is -2.14. The molecule has 4 heteroatoms. The van der Waals surface area contributed by atoms with Gasteiger partial charge in [-0.3, -0.25) is 0 Å². The van der Waals surface area contributed by atoms with Gasteiger partial charge in [-0.15, -0.1) is 0 Å². The summed E-state index contributed by atoms with van der Waals surface area (Å²) >= 11 is 11.8. The van der Waals surface area contributed by atoms with Crippen molar-refractivity contribution >= 4 is 23.2 Å². The second kappa shape index (κ2) is 5.91. The minimum atomic E-state index is -0.429. The maximum Gasteiger partial charge on any atom is 0.142 e. The zero-order chi connectivity index (χ0) is 14.0. The highest BCUT2D eigenvalue weighted by Gasteiger charge is 2.12. The first kappa shape index (κ1) is 14.3. The molecule has 0 amide bonds. The molecule has 2 N–H and O–H groups in total. The van der Waals surface area contributed by atoms with Gasteiger partial charge in [0.15, 0.2) is 0 Å². The molecular formula is C15H14Cl2FN. The highest BCUT2D eigenvalue weighted by atomic mass is 35.5. The molecule has 0 bridgehead atoms. The summed E-state index contributed by atoms with van der Waals surface area (Å²) in [5.41, 5.74) is 8.87. The predicted octanol–water partition coefficient (Wildman–Crippen LogP) is 4.68. The van der Waals surface area contributed by atoms with Gasteiger partial charge in [-0.05, 0) is 48.2 Å². The van der Waals surface area contributed by atoms with Gasteiger partial charge in [-0.25, -0.2) is 4.39 Å². The van der Waals surface area contributed by atoms with Gasteiger partial charge in [0.05, 0.1) is 5.02 Å². The summed E-state index contributed by atoms with van der Waals surface area (Å²) in [6.07, 6.45) is 0.511. The lowest BCUT2D eigenvalue weighted by molar-refractivity contribution is 0.622. The number of benzene rings is 2. The molecule has 0 radical (unpaired) electrons. The van der Waals surface area contributed by atoms with Gasteiger partial charge in [0.1, 0.15) is 5.82 Å².